The first-order valence-corrected chi connectivity index (χ1v) is 11.6. The smallest absolute Gasteiger partial charge is 0.326 e. The van der Waals surface area contributed by atoms with Crippen LogP contribution in [0.2, 0.25) is 0 Å². The van der Waals surface area contributed by atoms with Crippen molar-refractivity contribution >= 4 is 17.8 Å². The second-order valence-electron chi connectivity index (χ2n) is 9.08. The summed E-state index contributed by atoms with van der Waals surface area (Å²) in [4.78, 5) is 40.6. The molecule has 1 aliphatic carbocycles. The summed E-state index contributed by atoms with van der Waals surface area (Å²) in [5.41, 5.74) is 1.08. The van der Waals surface area contributed by atoms with Gasteiger partial charge in [-0.25, -0.2) is 4.79 Å². The summed E-state index contributed by atoms with van der Waals surface area (Å²) in [5, 5.41) is 5.87. The Morgan fingerprint density at radius 3 is 1.76 bits per heavy atom. The highest BCUT2D eigenvalue weighted by Gasteiger charge is 2.54. The van der Waals surface area contributed by atoms with E-state index in [2.05, 4.69) is 22.8 Å². The Kier molecular flexibility index (Phi) is 5.65. The van der Waals surface area contributed by atoms with E-state index in [1.54, 1.807) is 0 Å². The first kappa shape index (κ1) is 21.9. The Labute approximate surface area is 199 Å². The lowest BCUT2D eigenvalue weighted by Crippen LogP contribution is -2.49. The predicted octanol–water partition coefficient (Wildman–Crippen LogP) is 3.72. The average Bonchev–Trinajstić information content (AvgIpc) is 3.11. The largest absolute Gasteiger partial charge is 0.354 e. The Hall–Kier alpha value is -3.93. The molecule has 5 rings (SSSR count). The number of carbonyl (C=O) groups excluding carboxylic acids is 3. The van der Waals surface area contributed by atoms with Crippen LogP contribution >= 0.6 is 0 Å². The fourth-order valence-corrected chi connectivity index (χ4v) is 5.08. The lowest BCUT2D eigenvalue weighted by molar-refractivity contribution is -0.134. The van der Waals surface area contributed by atoms with Crippen LogP contribution < -0.4 is 10.6 Å². The van der Waals surface area contributed by atoms with Gasteiger partial charge in [-0.15, -0.1) is 0 Å². The summed E-state index contributed by atoms with van der Waals surface area (Å²) in [5.74, 6) is -0.797. The summed E-state index contributed by atoms with van der Waals surface area (Å²) in [6, 6.07) is 27.9. The second-order valence-corrected chi connectivity index (χ2v) is 9.08. The van der Waals surface area contributed by atoms with Gasteiger partial charge >= 0.3 is 6.03 Å². The van der Waals surface area contributed by atoms with Crippen molar-refractivity contribution in [2.45, 2.75) is 30.2 Å². The van der Waals surface area contributed by atoms with Crippen LogP contribution in [-0.2, 0) is 20.5 Å². The highest BCUT2D eigenvalue weighted by Crippen LogP contribution is 2.43. The van der Waals surface area contributed by atoms with E-state index in [9.17, 15) is 14.4 Å². The van der Waals surface area contributed by atoms with Gasteiger partial charge in [0.2, 0.25) is 5.91 Å². The molecule has 0 spiro atoms. The van der Waals surface area contributed by atoms with Gasteiger partial charge in [0, 0.05) is 12.0 Å². The van der Waals surface area contributed by atoms with Crippen LogP contribution in [0.15, 0.2) is 91.0 Å². The third-order valence-corrected chi connectivity index (χ3v) is 7.14. The van der Waals surface area contributed by atoms with Crippen molar-refractivity contribution in [2.75, 3.05) is 13.1 Å². The lowest BCUT2D eigenvalue weighted by atomic mass is 9.64. The zero-order chi connectivity index (χ0) is 23.6. The first-order valence-electron chi connectivity index (χ1n) is 11.6. The summed E-state index contributed by atoms with van der Waals surface area (Å²) < 4.78 is 0. The van der Waals surface area contributed by atoms with E-state index in [-0.39, 0.29) is 17.9 Å². The molecule has 1 saturated carbocycles. The third-order valence-electron chi connectivity index (χ3n) is 7.14. The van der Waals surface area contributed by atoms with Crippen molar-refractivity contribution in [3.05, 3.63) is 108 Å². The third kappa shape index (κ3) is 3.65. The maximum absolute atomic E-state index is 13.7. The molecule has 0 atom stereocenters. The van der Waals surface area contributed by atoms with E-state index in [0.717, 1.165) is 24.2 Å². The van der Waals surface area contributed by atoms with Crippen LogP contribution in [0.1, 0.15) is 36.0 Å². The molecule has 1 aliphatic heterocycles. The van der Waals surface area contributed by atoms with E-state index < -0.39 is 17.5 Å². The van der Waals surface area contributed by atoms with Crippen LogP contribution in [0.3, 0.4) is 0 Å². The van der Waals surface area contributed by atoms with E-state index in [1.165, 1.54) is 5.56 Å². The second kappa shape index (κ2) is 8.78. The molecule has 3 aromatic carbocycles. The quantitative estimate of drug-likeness (QED) is 0.535. The summed E-state index contributed by atoms with van der Waals surface area (Å²) in [6.07, 6.45) is 3.13. The molecule has 6 nitrogen and oxygen atoms in total. The molecule has 0 radical (unpaired) electrons. The molecule has 0 aromatic heterocycles. The van der Waals surface area contributed by atoms with Gasteiger partial charge in [0.25, 0.3) is 5.91 Å². The molecule has 3 aromatic rings. The number of imide groups is 1. The number of hydrogen-bond donors (Lipinski definition) is 2. The number of rotatable bonds is 7. The molecular weight excluding hydrogens is 426 g/mol. The zero-order valence-corrected chi connectivity index (χ0v) is 18.9. The molecule has 34 heavy (non-hydrogen) atoms. The van der Waals surface area contributed by atoms with Gasteiger partial charge in [0.05, 0.1) is 0 Å². The number of urea groups is 1. The maximum atomic E-state index is 13.7. The van der Waals surface area contributed by atoms with Crippen LogP contribution in [0.4, 0.5) is 4.79 Å². The van der Waals surface area contributed by atoms with Crippen LogP contribution in [0.5, 0.6) is 0 Å². The topological polar surface area (TPSA) is 78.5 Å². The Balaban J connectivity index is 1.35. The van der Waals surface area contributed by atoms with Crippen LogP contribution in [0, 0.1) is 0 Å². The number of hydrogen-bond acceptors (Lipinski definition) is 3. The van der Waals surface area contributed by atoms with Crippen molar-refractivity contribution < 1.29 is 14.4 Å². The molecule has 172 valence electrons. The Morgan fingerprint density at radius 2 is 1.29 bits per heavy atom. The summed E-state index contributed by atoms with van der Waals surface area (Å²) in [7, 11) is 0. The first-order chi connectivity index (χ1) is 16.6. The number of nitrogens with one attached hydrogen (secondary N) is 2. The molecule has 0 bridgehead atoms. The minimum atomic E-state index is -1.36. The van der Waals surface area contributed by atoms with E-state index >= 15 is 0 Å². The number of nitrogens with zero attached hydrogens (tertiary/aromatic N) is 1. The minimum absolute atomic E-state index is 0.0773. The zero-order valence-electron chi connectivity index (χ0n) is 18.9. The highest BCUT2D eigenvalue weighted by atomic mass is 16.2. The van der Waals surface area contributed by atoms with Crippen molar-refractivity contribution in [1.82, 2.24) is 15.5 Å². The van der Waals surface area contributed by atoms with E-state index in [0.29, 0.717) is 17.7 Å². The number of carbonyl (C=O) groups is 3. The van der Waals surface area contributed by atoms with Gasteiger partial charge in [-0.1, -0.05) is 97.4 Å². The van der Waals surface area contributed by atoms with Crippen molar-refractivity contribution in [3.8, 4) is 0 Å². The summed E-state index contributed by atoms with van der Waals surface area (Å²) >= 11 is 0. The fourth-order valence-electron chi connectivity index (χ4n) is 5.08. The molecule has 6 heteroatoms. The lowest BCUT2D eigenvalue weighted by Gasteiger charge is -2.42. The standard InChI is InChI=1S/C28H27N3O3/c32-24(29-20-27(17-10-18-27)21-11-4-1-5-12-21)19-31-25(33)28(30-26(31)34,22-13-6-2-7-14-22)23-15-8-3-9-16-23/h1-9,11-16H,10,17-20H2,(H,29,32)(H,30,34). The molecule has 2 aliphatic rings. The van der Waals surface area contributed by atoms with Crippen LogP contribution in [-0.4, -0.2) is 35.8 Å². The Bertz CT molecular complexity index is 1150. The predicted molar refractivity (Wildman–Crippen MR) is 129 cm³/mol. The highest BCUT2D eigenvalue weighted by molar-refractivity contribution is 6.11. The molecular formula is C28H27N3O3. The summed E-state index contributed by atoms with van der Waals surface area (Å²) in [6.45, 7) is 0.166. The molecule has 2 fully saturated rings. The van der Waals surface area contributed by atoms with Crippen molar-refractivity contribution in [3.63, 3.8) is 0 Å². The van der Waals surface area contributed by atoms with Crippen LogP contribution in [0.25, 0.3) is 0 Å². The SMILES string of the molecule is O=C(CN1C(=O)NC(c2ccccc2)(c2ccccc2)C1=O)NCC1(c2ccccc2)CCC1. The van der Waals surface area contributed by atoms with Gasteiger partial charge in [-0.05, 0) is 29.5 Å². The number of benzene rings is 3. The van der Waals surface area contributed by atoms with Gasteiger partial charge in [0.1, 0.15) is 6.54 Å². The average molecular weight is 454 g/mol. The van der Waals surface area contributed by atoms with Crippen molar-refractivity contribution in [2.24, 2.45) is 0 Å². The molecule has 1 heterocycles. The molecule has 4 amide bonds. The van der Waals surface area contributed by atoms with E-state index in [1.807, 2.05) is 78.9 Å². The molecule has 0 unspecified atom stereocenters. The minimum Gasteiger partial charge on any atom is -0.354 e. The normalized spacial score (nSPS) is 18.2. The fraction of sp³-hybridized carbons (Fsp3) is 0.250. The Morgan fingerprint density at radius 1 is 0.794 bits per heavy atom. The monoisotopic (exact) mass is 453 g/mol. The van der Waals surface area contributed by atoms with Gasteiger partial charge in [-0.3, -0.25) is 14.5 Å². The molecule has 2 N–H and O–H groups in total. The van der Waals surface area contributed by atoms with E-state index in [4.69, 9.17) is 0 Å². The maximum Gasteiger partial charge on any atom is 0.326 e. The molecule has 1 saturated heterocycles. The van der Waals surface area contributed by atoms with Crippen molar-refractivity contribution in [1.29, 1.82) is 0 Å². The number of amides is 4. The van der Waals surface area contributed by atoms with Gasteiger partial charge in [0.15, 0.2) is 5.54 Å². The van der Waals surface area contributed by atoms with Gasteiger partial charge in [-0.2, -0.15) is 0 Å². The van der Waals surface area contributed by atoms with Gasteiger partial charge < -0.3 is 10.6 Å².